The van der Waals surface area contributed by atoms with Gasteiger partial charge in [-0.05, 0) is 58.3 Å². The average Bonchev–Trinajstić information content (AvgIpc) is 3.17. The Morgan fingerprint density at radius 1 is 1.03 bits per heavy atom. The molecule has 6 nitrogen and oxygen atoms in total. The summed E-state index contributed by atoms with van der Waals surface area (Å²) in [5.41, 5.74) is 0.810. The third-order valence-electron chi connectivity index (χ3n) is 4.52. The molecule has 1 heterocycles. The Bertz CT molecular complexity index is 943. The third kappa shape index (κ3) is 5.93. The van der Waals surface area contributed by atoms with Crippen LogP contribution in [0.5, 0.6) is 11.5 Å². The van der Waals surface area contributed by atoms with Gasteiger partial charge in [-0.1, -0.05) is 35.6 Å². The van der Waals surface area contributed by atoms with Gasteiger partial charge in [0, 0.05) is 6.54 Å². The summed E-state index contributed by atoms with van der Waals surface area (Å²) in [6, 6.07) is 15.4. The van der Waals surface area contributed by atoms with Gasteiger partial charge in [-0.2, -0.15) is 0 Å². The molecule has 0 bridgehead atoms. The third-order valence-corrected chi connectivity index (χ3v) is 5.56. The van der Waals surface area contributed by atoms with Gasteiger partial charge in [0.25, 0.3) is 0 Å². The van der Waals surface area contributed by atoms with Crippen LogP contribution in [0.25, 0.3) is 10.2 Å². The monoisotopic (exact) mass is 427 g/mol. The molecular formula is C23H29N3O3S. The lowest BCUT2D eigenvalue weighted by atomic mass is 10.3. The van der Waals surface area contributed by atoms with Crippen LogP contribution in [0.3, 0.4) is 0 Å². The number of amides is 1. The number of fused-ring (bicyclic) bond motifs is 1. The topological polar surface area (TPSA) is 54.9 Å². The molecule has 0 unspecified atom stereocenters. The van der Waals surface area contributed by atoms with Crippen LogP contribution in [0.1, 0.15) is 19.8 Å². The van der Waals surface area contributed by atoms with E-state index in [1.807, 2.05) is 69.6 Å². The van der Waals surface area contributed by atoms with Crippen LogP contribution < -0.4 is 14.4 Å². The summed E-state index contributed by atoms with van der Waals surface area (Å²) in [7, 11) is 4.07. The Hall–Kier alpha value is -2.64. The number of carbonyl (C=O) groups is 1. The zero-order valence-corrected chi connectivity index (χ0v) is 18.7. The second-order valence-corrected chi connectivity index (χ2v) is 8.16. The Morgan fingerprint density at radius 3 is 2.57 bits per heavy atom. The highest BCUT2D eigenvalue weighted by molar-refractivity contribution is 7.22. The van der Waals surface area contributed by atoms with Crippen molar-refractivity contribution >= 4 is 32.6 Å². The van der Waals surface area contributed by atoms with Crippen molar-refractivity contribution in [3.05, 3.63) is 48.5 Å². The van der Waals surface area contributed by atoms with Crippen LogP contribution in [-0.4, -0.2) is 56.2 Å². The largest absolute Gasteiger partial charge is 0.493 e. The fraction of sp³-hybridized carbons (Fsp3) is 0.391. The number of hydrogen-bond donors (Lipinski definition) is 0. The first-order valence-electron chi connectivity index (χ1n) is 10.2. The molecule has 0 fully saturated rings. The maximum absolute atomic E-state index is 13.1. The van der Waals surface area contributed by atoms with E-state index in [-0.39, 0.29) is 5.91 Å². The van der Waals surface area contributed by atoms with Gasteiger partial charge in [0.15, 0.2) is 5.13 Å². The van der Waals surface area contributed by atoms with Crippen LogP contribution in [-0.2, 0) is 4.79 Å². The molecule has 1 aromatic heterocycles. The quantitative estimate of drug-likeness (QED) is 0.453. The number of thiazole rings is 1. The minimum absolute atomic E-state index is 0.0155. The molecule has 7 heteroatoms. The molecule has 3 aromatic rings. The maximum atomic E-state index is 13.1. The molecule has 0 aliphatic heterocycles. The molecule has 0 spiro atoms. The molecule has 2 aromatic carbocycles. The zero-order chi connectivity index (χ0) is 21.3. The number of rotatable bonds is 11. The van der Waals surface area contributed by atoms with Crippen molar-refractivity contribution in [1.29, 1.82) is 0 Å². The Morgan fingerprint density at radius 2 is 1.83 bits per heavy atom. The first-order valence-corrected chi connectivity index (χ1v) is 11.1. The smallest absolute Gasteiger partial charge is 0.232 e. The molecular weight excluding hydrogens is 398 g/mol. The first-order chi connectivity index (χ1) is 14.6. The van der Waals surface area contributed by atoms with Gasteiger partial charge in [0.1, 0.15) is 17.0 Å². The standard InChI is InChI=1S/C23H29N3O3S/c1-4-28-19-12-8-13-20-22(19)24-23(30-20)26(16-9-15-25(2)3)21(27)14-17-29-18-10-6-5-7-11-18/h5-8,10-13H,4,9,14-17H2,1-3H3. The van der Waals surface area contributed by atoms with Crippen LogP contribution in [0, 0.1) is 0 Å². The van der Waals surface area contributed by atoms with Gasteiger partial charge in [-0.25, -0.2) is 4.98 Å². The van der Waals surface area contributed by atoms with E-state index >= 15 is 0 Å². The molecule has 30 heavy (non-hydrogen) atoms. The lowest BCUT2D eigenvalue weighted by Crippen LogP contribution is -2.34. The summed E-state index contributed by atoms with van der Waals surface area (Å²) in [5.74, 6) is 1.54. The van der Waals surface area contributed by atoms with E-state index in [0.29, 0.717) is 31.3 Å². The number of benzene rings is 2. The van der Waals surface area contributed by atoms with Crippen molar-refractivity contribution in [3.63, 3.8) is 0 Å². The van der Waals surface area contributed by atoms with Crippen molar-refractivity contribution < 1.29 is 14.3 Å². The summed E-state index contributed by atoms with van der Waals surface area (Å²) >= 11 is 1.52. The molecule has 0 radical (unpaired) electrons. The van der Waals surface area contributed by atoms with Crippen molar-refractivity contribution in [2.45, 2.75) is 19.8 Å². The Kier molecular flexibility index (Phi) is 8.04. The van der Waals surface area contributed by atoms with Crippen molar-refractivity contribution in [3.8, 4) is 11.5 Å². The highest BCUT2D eigenvalue weighted by Crippen LogP contribution is 2.34. The van der Waals surface area contributed by atoms with E-state index < -0.39 is 0 Å². The highest BCUT2D eigenvalue weighted by atomic mass is 32.1. The van der Waals surface area contributed by atoms with Crippen LogP contribution in [0.15, 0.2) is 48.5 Å². The number of anilines is 1. The number of aromatic nitrogens is 1. The SMILES string of the molecule is CCOc1cccc2sc(N(CCCN(C)C)C(=O)CCOc3ccccc3)nc12. The van der Waals surface area contributed by atoms with E-state index in [4.69, 9.17) is 14.5 Å². The first kappa shape index (κ1) is 22.1. The fourth-order valence-electron chi connectivity index (χ4n) is 3.08. The number of carbonyl (C=O) groups excluding carboxylic acids is 1. The molecule has 160 valence electrons. The normalized spacial score (nSPS) is 11.1. The second-order valence-electron chi connectivity index (χ2n) is 7.15. The predicted octanol–water partition coefficient (Wildman–Crippen LogP) is 4.45. The average molecular weight is 428 g/mol. The fourth-order valence-corrected chi connectivity index (χ4v) is 4.11. The van der Waals surface area contributed by atoms with E-state index in [1.165, 1.54) is 11.3 Å². The van der Waals surface area contributed by atoms with Crippen LogP contribution in [0.2, 0.25) is 0 Å². The van der Waals surface area contributed by atoms with Crippen molar-refractivity contribution in [1.82, 2.24) is 9.88 Å². The number of ether oxygens (including phenoxy) is 2. The highest BCUT2D eigenvalue weighted by Gasteiger charge is 2.21. The number of nitrogens with zero attached hydrogens (tertiary/aromatic N) is 3. The lowest BCUT2D eigenvalue weighted by molar-refractivity contribution is -0.119. The zero-order valence-electron chi connectivity index (χ0n) is 17.8. The summed E-state index contributed by atoms with van der Waals surface area (Å²) in [5, 5.41) is 0.709. The van der Waals surface area contributed by atoms with E-state index in [1.54, 1.807) is 4.90 Å². The second kappa shape index (κ2) is 10.9. The molecule has 0 aliphatic rings. The number of para-hydroxylation sites is 2. The van der Waals surface area contributed by atoms with Gasteiger partial charge >= 0.3 is 0 Å². The van der Waals surface area contributed by atoms with Gasteiger partial charge in [-0.15, -0.1) is 0 Å². The molecule has 0 saturated carbocycles. The molecule has 1 amide bonds. The van der Waals surface area contributed by atoms with Crippen molar-refractivity contribution in [2.75, 3.05) is 45.3 Å². The molecule has 0 saturated heterocycles. The summed E-state index contributed by atoms with van der Waals surface area (Å²) in [6.45, 7) is 4.39. The van der Waals surface area contributed by atoms with E-state index in [2.05, 4.69) is 4.90 Å². The minimum Gasteiger partial charge on any atom is -0.493 e. The van der Waals surface area contributed by atoms with Gasteiger partial charge in [0.2, 0.25) is 5.91 Å². The van der Waals surface area contributed by atoms with Crippen LogP contribution >= 0.6 is 11.3 Å². The van der Waals surface area contributed by atoms with E-state index in [9.17, 15) is 4.79 Å². The summed E-state index contributed by atoms with van der Waals surface area (Å²) in [4.78, 5) is 21.7. The van der Waals surface area contributed by atoms with Gasteiger partial charge in [0.05, 0.1) is 24.3 Å². The number of hydrogen-bond acceptors (Lipinski definition) is 6. The molecule has 0 aliphatic carbocycles. The maximum Gasteiger partial charge on any atom is 0.232 e. The van der Waals surface area contributed by atoms with Crippen molar-refractivity contribution in [2.24, 2.45) is 0 Å². The molecule has 0 atom stereocenters. The minimum atomic E-state index is 0.0155. The van der Waals surface area contributed by atoms with E-state index in [0.717, 1.165) is 34.7 Å². The van der Waals surface area contributed by atoms with Gasteiger partial charge in [-0.3, -0.25) is 9.69 Å². The summed E-state index contributed by atoms with van der Waals surface area (Å²) in [6.07, 6.45) is 1.16. The Balaban J connectivity index is 1.75. The molecule has 0 N–H and O–H groups in total. The van der Waals surface area contributed by atoms with Crippen LogP contribution in [0.4, 0.5) is 5.13 Å². The predicted molar refractivity (Wildman–Crippen MR) is 123 cm³/mol. The Labute approximate surface area is 182 Å². The lowest BCUT2D eigenvalue weighted by Gasteiger charge is -2.21. The summed E-state index contributed by atoms with van der Waals surface area (Å²) < 4.78 is 12.5. The van der Waals surface area contributed by atoms with Gasteiger partial charge < -0.3 is 14.4 Å². The molecule has 3 rings (SSSR count).